The summed E-state index contributed by atoms with van der Waals surface area (Å²) >= 11 is 1.61. The lowest BCUT2D eigenvalue weighted by atomic mass is 10.3. The van der Waals surface area contributed by atoms with Gasteiger partial charge in [-0.1, -0.05) is 0 Å². The number of nitrogens with one attached hydrogen (secondary N) is 2. The first-order chi connectivity index (χ1) is 8.86. The summed E-state index contributed by atoms with van der Waals surface area (Å²) in [6, 6.07) is 0.956. The van der Waals surface area contributed by atoms with Crippen LogP contribution in [-0.2, 0) is 6.18 Å². The van der Waals surface area contributed by atoms with Crippen LogP contribution in [0, 0.1) is 0 Å². The van der Waals surface area contributed by atoms with Crippen molar-refractivity contribution in [3.8, 4) is 0 Å². The normalized spacial score (nSPS) is 13.2. The number of thioether (sulfide) groups is 1. The molecule has 19 heavy (non-hydrogen) atoms. The van der Waals surface area contributed by atoms with Gasteiger partial charge in [-0.3, -0.25) is 0 Å². The highest BCUT2D eigenvalue weighted by Crippen LogP contribution is 2.29. The summed E-state index contributed by atoms with van der Waals surface area (Å²) in [6.45, 7) is 4.12. The van der Waals surface area contributed by atoms with Gasteiger partial charge < -0.3 is 10.6 Å². The first-order valence-electron chi connectivity index (χ1n) is 5.82. The van der Waals surface area contributed by atoms with Crippen LogP contribution in [0.5, 0.6) is 0 Å². The predicted octanol–water partition coefficient (Wildman–Crippen LogP) is 3.09. The van der Waals surface area contributed by atoms with Crippen LogP contribution in [0.25, 0.3) is 0 Å². The fourth-order valence-electron chi connectivity index (χ4n) is 1.45. The Morgan fingerprint density at radius 3 is 2.58 bits per heavy atom. The van der Waals surface area contributed by atoms with Crippen LogP contribution in [0.2, 0.25) is 0 Å². The van der Waals surface area contributed by atoms with Crippen LogP contribution in [0.15, 0.2) is 6.07 Å². The molecule has 0 aliphatic rings. The van der Waals surface area contributed by atoms with Gasteiger partial charge in [0.2, 0.25) is 5.95 Å². The molecule has 0 radical (unpaired) electrons. The molecule has 0 amide bonds. The van der Waals surface area contributed by atoms with Gasteiger partial charge in [-0.15, -0.1) is 0 Å². The molecule has 1 atom stereocenters. The Balaban J connectivity index is 2.99. The van der Waals surface area contributed by atoms with Crippen LogP contribution < -0.4 is 10.6 Å². The van der Waals surface area contributed by atoms with E-state index >= 15 is 0 Å². The summed E-state index contributed by atoms with van der Waals surface area (Å²) in [5.41, 5.74) is -0.947. The summed E-state index contributed by atoms with van der Waals surface area (Å²) in [6.07, 6.45) is -2.55. The molecule has 0 aliphatic carbocycles. The molecule has 0 fully saturated rings. The van der Waals surface area contributed by atoms with Crippen molar-refractivity contribution in [1.82, 2.24) is 9.97 Å². The third kappa shape index (κ3) is 5.14. The average molecular weight is 294 g/mol. The van der Waals surface area contributed by atoms with Gasteiger partial charge in [-0.2, -0.15) is 29.9 Å². The Hall–Kier alpha value is -1.18. The smallest absolute Gasteiger partial charge is 0.367 e. The Bertz CT molecular complexity index is 411. The first kappa shape index (κ1) is 15.9. The number of anilines is 2. The van der Waals surface area contributed by atoms with Crippen molar-refractivity contribution in [2.24, 2.45) is 0 Å². The second-order valence-electron chi connectivity index (χ2n) is 3.99. The van der Waals surface area contributed by atoms with Gasteiger partial charge in [-0.05, 0) is 20.1 Å². The molecule has 8 heteroatoms. The number of hydrogen-bond acceptors (Lipinski definition) is 5. The molecular formula is C11H17F3N4S. The number of rotatable bonds is 6. The van der Waals surface area contributed by atoms with Crippen molar-refractivity contribution >= 4 is 23.5 Å². The topological polar surface area (TPSA) is 49.8 Å². The number of halogens is 3. The minimum atomic E-state index is -4.48. The Kier molecular flexibility index (Phi) is 5.71. The van der Waals surface area contributed by atoms with E-state index in [1.807, 2.05) is 13.2 Å². The largest absolute Gasteiger partial charge is 0.433 e. The first-order valence-corrected chi connectivity index (χ1v) is 7.21. The van der Waals surface area contributed by atoms with Crippen molar-refractivity contribution in [2.45, 2.75) is 26.1 Å². The monoisotopic (exact) mass is 294 g/mol. The quantitative estimate of drug-likeness (QED) is 0.844. The standard InChI is InChI=1S/C11H17F3N4S/c1-4-15-10-17-8(11(12,13)14)5-9(18-10)16-7(2)6-19-3/h5,7H,4,6H2,1-3H3,(H2,15,16,17,18). The fourth-order valence-corrected chi connectivity index (χ4v) is 2.03. The van der Waals surface area contributed by atoms with E-state index < -0.39 is 11.9 Å². The summed E-state index contributed by atoms with van der Waals surface area (Å²) in [5.74, 6) is 0.943. The van der Waals surface area contributed by atoms with Gasteiger partial charge in [0.15, 0.2) is 5.69 Å². The zero-order valence-electron chi connectivity index (χ0n) is 11.0. The highest BCUT2D eigenvalue weighted by molar-refractivity contribution is 7.98. The minimum Gasteiger partial charge on any atom is -0.367 e. The molecule has 4 nitrogen and oxygen atoms in total. The molecule has 1 aromatic heterocycles. The molecule has 1 aromatic rings. The lowest BCUT2D eigenvalue weighted by Gasteiger charge is -2.16. The molecule has 0 saturated carbocycles. The maximum Gasteiger partial charge on any atom is 0.433 e. The third-order valence-electron chi connectivity index (χ3n) is 2.16. The summed E-state index contributed by atoms with van der Waals surface area (Å²) in [7, 11) is 0. The second kappa shape index (κ2) is 6.83. The van der Waals surface area contributed by atoms with Gasteiger partial charge in [0.05, 0.1) is 0 Å². The van der Waals surface area contributed by atoms with Gasteiger partial charge in [0.1, 0.15) is 5.82 Å². The highest BCUT2D eigenvalue weighted by atomic mass is 32.2. The van der Waals surface area contributed by atoms with Gasteiger partial charge in [0.25, 0.3) is 0 Å². The number of alkyl halides is 3. The summed E-state index contributed by atoms with van der Waals surface area (Å²) in [4.78, 5) is 7.47. The van der Waals surface area contributed by atoms with Crippen LogP contribution in [0.3, 0.4) is 0 Å². The molecule has 0 aliphatic heterocycles. The molecule has 0 spiro atoms. The highest BCUT2D eigenvalue weighted by Gasteiger charge is 2.33. The molecular weight excluding hydrogens is 277 g/mol. The van der Waals surface area contributed by atoms with Gasteiger partial charge >= 0.3 is 6.18 Å². The Morgan fingerprint density at radius 2 is 2.05 bits per heavy atom. The fraction of sp³-hybridized carbons (Fsp3) is 0.636. The molecule has 0 aromatic carbocycles. The van der Waals surface area contributed by atoms with Crippen LogP contribution in [-0.4, -0.2) is 34.6 Å². The van der Waals surface area contributed by atoms with Crippen LogP contribution >= 0.6 is 11.8 Å². The molecule has 1 rings (SSSR count). The summed E-state index contributed by atoms with van der Waals surface area (Å²) < 4.78 is 38.2. The Morgan fingerprint density at radius 1 is 1.37 bits per heavy atom. The number of hydrogen-bond donors (Lipinski definition) is 2. The lowest BCUT2D eigenvalue weighted by Crippen LogP contribution is -2.20. The molecule has 108 valence electrons. The van der Waals surface area contributed by atoms with Crippen LogP contribution in [0.1, 0.15) is 19.5 Å². The lowest BCUT2D eigenvalue weighted by molar-refractivity contribution is -0.141. The maximum absolute atomic E-state index is 12.7. The molecule has 1 heterocycles. The molecule has 2 N–H and O–H groups in total. The molecule has 0 saturated heterocycles. The van der Waals surface area contributed by atoms with E-state index in [2.05, 4.69) is 20.6 Å². The van der Waals surface area contributed by atoms with Crippen molar-refractivity contribution in [1.29, 1.82) is 0 Å². The van der Waals surface area contributed by atoms with Crippen molar-refractivity contribution in [3.63, 3.8) is 0 Å². The average Bonchev–Trinajstić information content (AvgIpc) is 2.28. The van der Waals surface area contributed by atoms with E-state index in [0.717, 1.165) is 11.8 Å². The van der Waals surface area contributed by atoms with Crippen LogP contribution in [0.4, 0.5) is 24.9 Å². The summed E-state index contributed by atoms with van der Waals surface area (Å²) in [5, 5.41) is 5.64. The van der Waals surface area contributed by atoms with E-state index in [9.17, 15) is 13.2 Å². The van der Waals surface area contributed by atoms with E-state index in [1.54, 1.807) is 18.7 Å². The minimum absolute atomic E-state index is 0.0174. The zero-order chi connectivity index (χ0) is 14.5. The van der Waals surface area contributed by atoms with E-state index in [1.165, 1.54) is 0 Å². The number of nitrogens with zero attached hydrogens (tertiary/aromatic N) is 2. The number of aromatic nitrogens is 2. The SMILES string of the molecule is CCNc1nc(NC(C)CSC)cc(C(F)(F)F)n1. The van der Waals surface area contributed by atoms with Gasteiger partial charge in [0, 0.05) is 24.4 Å². The van der Waals surface area contributed by atoms with Crippen molar-refractivity contribution in [2.75, 3.05) is 29.2 Å². The third-order valence-corrected chi connectivity index (χ3v) is 3.00. The molecule has 1 unspecified atom stereocenters. The maximum atomic E-state index is 12.7. The molecule has 0 bridgehead atoms. The zero-order valence-corrected chi connectivity index (χ0v) is 11.8. The van der Waals surface area contributed by atoms with Crippen molar-refractivity contribution in [3.05, 3.63) is 11.8 Å². The van der Waals surface area contributed by atoms with E-state index in [0.29, 0.717) is 6.54 Å². The Labute approximate surface area is 114 Å². The van der Waals surface area contributed by atoms with Crippen molar-refractivity contribution < 1.29 is 13.2 Å². The second-order valence-corrected chi connectivity index (χ2v) is 4.90. The van der Waals surface area contributed by atoms with E-state index in [4.69, 9.17) is 0 Å². The van der Waals surface area contributed by atoms with Gasteiger partial charge in [-0.25, -0.2) is 4.98 Å². The van der Waals surface area contributed by atoms with E-state index in [-0.39, 0.29) is 17.8 Å². The predicted molar refractivity (Wildman–Crippen MR) is 72.7 cm³/mol.